The zero-order chi connectivity index (χ0) is 23.8. The number of nitriles is 1. The van der Waals surface area contributed by atoms with E-state index in [9.17, 15) is 4.79 Å². The van der Waals surface area contributed by atoms with Crippen LogP contribution in [0.4, 0.5) is 0 Å². The number of carbonyl (C=O) groups is 1. The van der Waals surface area contributed by atoms with E-state index in [1.54, 1.807) is 17.0 Å². The number of esters is 1. The van der Waals surface area contributed by atoms with Crippen LogP contribution in [-0.4, -0.2) is 51.8 Å². The summed E-state index contributed by atoms with van der Waals surface area (Å²) in [5.41, 5.74) is 11.4. The van der Waals surface area contributed by atoms with Crippen molar-refractivity contribution in [3.8, 4) is 17.6 Å². The summed E-state index contributed by atoms with van der Waals surface area (Å²) < 4.78 is 12.3. The van der Waals surface area contributed by atoms with Crippen LogP contribution in [0.2, 0.25) is 0 Å². The maximum absolute atomic E-state index is 11.9. The Balaban J connectivity index is 1.33. The molecular formula is C24H25N7O3. The van der Waals surface area contributed by atoms with Gasteiger partial charge in [0, 0.05) is 43.5 Å². The molecule has 1 aromatic carbocycles. The van der Waals surface area contributed by atoms with Gasteiger partial charge < -0.3 is 15.2 Å². The number of methoxy groups -OCH3 is 1. The van der Waals surface area contributed by atoms with E-state index >= 15 is 0 Å². The molecule has 10 heteroatoms. The third kappa shape index (κ3) is 4.01. The fourth-order valence-electron chi connectivity index (χ4n) is 4.66. The van der Waals surface area contributed by atoms with Gasteiger partial charge in [0.25, 0.3) is 0 Å². The minimum Gasteiger partial charge on any atom is -0.495 e. The minimum atomic E-state index is -0.260. The first-order chi connectivity index (χ1) is 16.5. The first-order valence-corrected chi connectivity index (χ1v) is 11.0. The maximum atomic E-state index is 11.9. The van der Waals surface area contributed by atoms with Crippen molar-refractivity contribution in [1.29, 1.82) is 5.26 Å². The molecule has 0 amide bonds. The maximum Gasteiger partial charge on any atom is 0.338 e. The summed E-state index contributed by atoms with van der Waals surface area (Å²) in [7, 11) is 1.52. The number of hydrogen-bond acceptors (Lipinski definition) is 9. The highest BCUT2D eigenvalue weighted by Crippen LogP contribution is 2.31. The predicted octanol–water partition coefficient (Wildman–Crippen LogP) is 1.56. The van der Waals surface area contributed by atoms with Crippen molar-refractivity contribution in [2.24, 2.45) is 5.73 Å². The molecule has 3 aromatic rings. The van der Waals surface area contributed by atoms with Gasteiger partial charge in [-0.05, 0) is 24.1 Å². The van der Waals surface area contributed by atoms with E-state index in [2.05, 4.69) is 26.3 Å². The van der Waals surface area contributed by atoms with Crippen LogP contribution >= 0.6 is 0 Å². The highest BCUT2D eigenvalue weighted by atomic mass is 16.5. The summed E-state index contributed by atoms with van der Waals surface area (Å²) in [5, 5.41) is 12.6. The average molecular weight is 460 g/mol. The Morgan fingerprint density at radius 2 is 2.21 bits per heavy atom. The van der Waals surface area contributed by atoms with E-state index in [1.807, 2.05) is 25.3 Å². The summed E-state index contributed by atoms with van der Waals surface area (Å²) in [5.74, 6) is 0.829. The number of nitrogens with zero attached hydrogens (tertiary/aromatic N) is 5. The van der Waals surface area contributed by atoms with Gasteiger partial charge in [-0.2, -0.15) is 5.26 Å². The molecule has 0 aliphatic carbocycles. The Kier molecular flexibility index (Phi) is 5.75. The highest BCUT2D eigenvalue weighted by Gasteiger charge is 2.30. The minimum absolute atomic E-state index is 0.0243. The zero-order valence-electron chi connectivity index (χ0n) is 19.0. The molecule has 5 rings (SSSR count). The number of benzene rings is 1. The topological polar surface area (TPSA) is 131 Å². The van der Waals surface area contributed by atoms with E-state index in [1.165, 1.54) is 13.3 Å². The predicted molar refractivity (Wildman–Crippen MR) is 122 cm³/mol. The Morgan fingerprint density at radius 1 is 1.35 bits per heavy atom. The molecule has 174 valence electrons. The first kappa shape index (κ1) is 22.0. The lowest BCUT2D eigenvalue weighted by atomic mass is 9.93. The molecule has 10 nitrogen and oxygen atoms in total. The fourth-order valence-corrected chi connectivity index (χ4v) is 4.66. The fraction of sp³-hybridized carbons (Fsp3) is 0.333. The second kappa shape index (κ2) is 8.87. The van der Waals surface area contributed by atoms with Crippen molar-refractivity contribution in [3.63, 3.8) is 0 Å². The van der Waals surface area contributed by atoms with Crippen molar-refractivity contribution in [2.45, 2.75) is 32.3 Å². The number of nitrogens with two attached hydrogens (primary N) is 1. The van der Waals surface area contributed by atoms with Gasteiger partial charge in [0.15, 0.2) is 0 Å². The van der Waals surface area contributed by atoms with Crippen LogP contribution < -0.4 is 15.8 Å². The van der Waals surface area contributed by atoms with E-state index in [4.69, 9.17) is 20.5 Å². The number of aromatic nitrogens is 3. The number of rotatable bonds is 5. The van der Waals surface area contributed by atoms with Crippen molar-refractivity contribution >= 4 is 5.97 Å². The van der Waals surface area contributed by atoms with Gasteiger partial charge in [-0.25, -0.2) is 14.8 Å². The average Bonchev–Trinajstić information content (AvgIpc) is 3.45. The van der Waals surface area contributed by atoms with E-state index in [0.717, 1.165) is 28.9 Å². The van der Waals surface area contributed by atoms with Crippen LogP contribution in [-0.2, 0) is 17.9 Å². The number of fused-ring (bicyclic) bond motifs is 1. The van der Waals surface area contributed by atoms with Crippen molar-refractivity contribution in [1.82, 2.24) is 24.8 Å². The molecule has 1 fully saturated rings. The summed E-state index contributed by atoms with van der Waals surface area (Å²) in [6.07, 6.45) is 4.91. The molecule has 2 aliphatic heterocycles. The van der Waals surface area contributed by atoms with Gasteiger partial charge in [-0.3, -0.25) is 14.8 Å². The largest absolute Gasteiger partial charge is 0.495 e. The number of pyridine rings is 1. The van der Waals surface area contributed by atoms with E-state index in [-0.39, 0.29) is 18.2 Å². The summed E-state index contributed by atoms with van der Waals surface area (Å²) in [6.45, 7) is 4.40. The Hall–Kier alpha value is -3.78. The van der Waals surface area contributed by atoms with Gasteiger partial charge in [0.2, 0.25) is 0 Å². The van der Waals surface area contributed by atoms with Crippen LogP contribution in [0.3, 0.4) is 0 Å². The molecule has 3 N–H and O–H groups in total. The summed E-state index contributed by atoms with van der Waals surface area (Å²) in [6, 6.07) is 7.64. The number of ether oxygens (including phenoxy) is 2. The smallest absolute Gasteiger partial charge is 0.338 e. The van der Waals surface area contributed by atoms with Crippen LogP contribution in [0.25, 0.3) is 5.82 Å². The van der Waals surface area contributed by atoms with Crippen LogP contribution in [0, 0.1) is 18.3 Å². The second-order valence-electron chi connectivity index (χ2n) is 8.53. The molecule has 1 saturated heterocycles. The van der Waals surface area contributed by atoms with Crippen LogP contribution in [0.15, 0.2) is 36.9 Å². The Bertz CT molecular complexity index is 1300. The SMILES string of the molecule is COc1cc(-n2cnc(CN3C[C@@H](c4ccc5c(c4C)COC5=O)N[C@@H](N)C3)c2)ncc1C#N. The highest BCUT2D eigenvalue weighted by molar-refractivity contribution is 5.94. The van der Waals surface area contributed by atoms with Crippen molar-refractivity contribution in [2.75, 3.05) is 20.2 Å². The van der Waals surface area contributed by atoms with Crippen LogP contribution in [0.5, 0.6) is 5.75 Å². The second-order valence-corrected chi connectivity index (χ2v) is 8.53. The zero-order valence-corrected chi connectivity index (χ0v) is 19.0. The molecule has 0 bridgehead atoms. The number of imidazole rings is 1. The molecule has 4 heterocycles. The molecule has 2 atom stereocenters. The molecule has 0 saturated carbocycles. The van der Waals surface area contributed by atoms with Crippen molar-refractivity contribution in [3.05, 3.63) is 70.4 Å². The number of cyclic esters (lactones) is 1. The third-order valence-electron chi connectivity index (χ3n) is 6.37. The standard InChI is InChI=1S/C24H25N7O3/c1-14-17(3-4-18-19(14)12-34-24(18)32)20-10-30(11-22(26)29-20)8-16-9-31(13-28-16)23-5-21(33-2)15(6-25)7-27-23/h3-5,7,9,13,20,22,29H,8,10-12,26H2,1-2H3/t20-,22+/m0/s1. The first-order valence-electron chi connectivity index (χ1n) is 11.0. The molecule has 0 spiro atoms. The summed E-state index contributed by atoms with van der Waals surface area (Å²) in [4.78, 5) is 23.0. The summed E-state index contributed by atoms with van der Waals surface area (Å²) >= 11 is 0. The van der Waals surface area contributed by atoms with Crippen LogP contribution in [0.1, 0.15) is 44.3 Å². The van der Waals surface area contributed by atoms with E-state index in [0.29, 0.717) is 42.4 Å². The quantitative estimate of drug-likeness (QED) is 0.546. The van der Waals surface area contributed by atoms with Gasteiger partial charge in [0.1, 0.15) is 36.1 Å². The molecular weight excluding hydrogens is 434 g/mol. The monoisotopic (exact) mass is 459 g/mol. The van der Waals surface area contributed by atoms with Gasteiger partial charge in [0.05, 0.1) is 30.7 Å². The Labute approximate surface area is 196 Å². The van der Waals surface area contributed by atoms with Crippen molar-refractivity contribution < 1.29 is 14.3 Å². The lowest BCUT2D eigenvalue weighted by Crippen LogP contribution is -2.56. The third-order valence-corrected chi connectivity index (χ3v) is 6.37. The number of piperazine rings is 1. The molecule has 2 aliphatic rings. The van der Waals surface area contributed by atoms with Gasteiger partial charge in [-0.15, -0.1) is 0 Å². The molecule has 0 radical (unpaired) electrons. The number of hydrogen-bond donors (Lipinski definition) is 2. The Morgan fingerprint density at radius 3 is 3.00 bits per heavy atom. The van der Waals surface area contributed by atoms with E-state index < -0.39 is 0 Å². The van der Waals surface area contributed by atoms with Gasteiger partial charge >= 0.3 is 5.97 Å². The normalized spacial score (nSPS) is 20.0. The number of nitrogens with one attached hydrogen (secondary N) is 1. The number of carbonyl (C=O) groups excluding carboxylic acids is 1. The van der Waals surface area contributed by atoms with Gasteiger partial charge in [-0.1, -0.05) is 6.07 Å². The molecule has 34 heavy (non-hydrogen) atoms. The lowest BCUT2D eigenvalue weighted by molar-refractivity contribution is 0.0535. The lowest BCUT2D eigenvalue weighted by Gasteiger charge is -2.38. The molecule has 0 unspecified atom stereocenters. The molecule has 2 aromatic heterocycles.